The molecule has 0 aliphatic carbocycles. The Morgan fingerprint density at radius 1 is 0.806 bits per heavy atom. The van der Waals surface area contributed by atoms with E-state index < -0.39 is 11.2 Å². The van der Waals surface area contributed by atoms with Crippen molar-refractivity contribution in [3.8, 4) is 0 Å². The van der Waals surface area contributed by atoms with Gasteiger partial charge < -0.3 is 29.1 Å². The molecule has 0 aromatic carbocycles. The molecule has 36 heavy (non-hydrogen) atoms. The minimum absolute atomic E-state index is 0.117. The number of amides is 2. The number of likely N-dealkylation sites (tertiary alicyclic amines) is 1. The lowest BCUT2D eigenvalue weighted by Crippen LogP contribution is -2.52. The number of piperidine rings is 1. The van der Waals surface area contributed by atoms with Gasteiger partial charge in [-0.2, -0.15) is 0 Å². The van der Waals surface area contributed by atoms with E-state index in [0.717, 1.165) is 19.3 Å². The predicted octanol–water partition coefficient (Wildman–Crippen LogP) is 5.57. The van der Waals surface area contributed by atoms with Crippen LogP contribution < -0.4 is 0 Å². The van der Waals surface area contributed by atoms with Crippen molar-refractivity contribution < 1.29 is 19.1 Å². The van der Waals surface area contributed by atoms with Crippen molar-refractivity contribution in [2.45, 2.75) is 130 Å². The second-order valence-electron chi connectivity index (χ2n) is 12.7. The van der Waals surface area contributed by atoms with Crippen LogP contribution in [-0.4, -0.2) is 101 Å². The van der Waals surface area contributed by atoms with Gasteiger partial charge in [0.15, 0.2) is 0 Å². The highest BCUT2D eigenvalue weighted by atomic mass is 16.6. The van der Waals surface area contributed by atoms with Gasteiger partial charge in [0, 0.05) is 51.0 Å². The Bertz CT molecular complexity index is 758. The minimum Gasteiger partial charge on any atom is -0.444 e. The van der Waals surface area contributed by atoms with Crippen LogP contribution in [0.25, 0.3) is 0 Å². The molecule has 0 spiro atoms. The van der Waals surface area contributed by atoms with Gasteiger partial charge in [0.25, 0.3) is 0 Å². The second-order valence-corrected chi connectivity index (χ2v) is 12.7. The van der Waals surface area contributed by atoms with Crippen LogP contribution in [-0.2, 0) is 9.47 Å². The number of ether oxygens (including phenoxy) is 2. The van der Waals surface area contributed by atoms with Crippen LogP contribution in [0, 0.1) is 0 Å². The molecule has 0 radical (unpaired) electrons. The van der Waals surface area contributed by atoms with E-state index in [1.807, 2.05) is 48.6 Å². The highest BCUT2D eigenvalue weighted by Crippen LogP contribution is 2.26. The molecule has 2 rings (SSSR count). The quantitative estimate of drug-likeness (QED) is 0.484. The summed E-state index contributed by atoms with van der Waals surface area (Å²) in [5.74, 6) is 0. The van der Waals surface area contributed by atoms with Crippen molar-refractivity contribution >= 4 is 12.2 Å². The Hall–Kier alpha value is -1.96. The fourth-order valence-electron chi connectivity index (χ4n) is 4.51. The summed E-state index contributed by atoms with van der Waals surface area (Å²) in [5.41, 5.74) is 0.337. The lowest BCUT2D eigenvalue weighted by atomic mass is 9.93. The van der Waals surface area contributed by atoms with Crippen LogP contribution >= 0.6 is 0 Å². The molecule has 0 bridgehead atoms. The Morgan fingerprint density at radius 3 is 1.61 bits per heavy atom. The number of likely N-dealkylation sites (N-methyl/N-ethyl adjacent to an activating group) is 1. The van der Waals surface area contributed by atoms with Gasteiger partial charge in [0.1, 0.15) is 11.2 Å². The Labute approximate surface area is 220 Å². The van der Waals surface area contributed by atoms with Gasteiger partial charge in [-0.05, 0) is 102 Å². The molecule has 4 atom stereocenters. The van der Waals surface area contributed by atoms with E-state index >= 15 is 0 Å². The lowest BCUT2D eigenvalue weighted by Gasteiger charge is -2.43. The summed E-state index contributed by atoms with van der Waals surface area (Å²) in [6.45, 7) is 20.0. The van der Waals surface area contributed by atoms with Crippen molar-refractivity contribution in [2.24, 2.45) is 0 Å². The van der Waals surface area contributed by atoms with Gasteiger partial charge in [-0.25, -0.2) is 9.59 Å². The van der Waals surface area contributed by atoms with Gasteiger partial charge in [0.2, 0.25) is 0 Å². The van der Waals surface area contributed by atoms with Crippen LogP contribution in [0.1, 0.15) is 88.5 Å². The first-order chi connectivity index (χ1) is 16.2. The number of allylic oxidation sites excluding steroid dienone is 1. The zero-order chi connectivity index (χ0) is 28.2. The van der Waals surface area contributed by atoms with Crippen LogP contribution in [0.3, 0.4) is 0 Å². The molecule has 2 amide bonds. The Kier molecular flexibility index (Phi) is 11.2. The van der Waals surface area contributed by atoms with Crippen molar-refractivity contribution in [1.29, 1.82) is 0 Å². The van der Waals surface area contributed by atoms with E-state index in [-0.39, 0.29) is 24.3 Å². The maximum atomic E-state index is 12.0. The van der Waals surface area contributed by atoms with Crippen LogP contribution in [0.5, 0.6) is 0 Å². The molecule has 2 aliphatic rings. The number of carbonyl (C=O) groups is 2. The molecular weight excluding hydrogens is 456 g/mol. The van der Waals surface area contributed by atoms with Crippen LogP contribution in [0.2, 0.25) is 0 Å². The van der Waals surface area contributed by atoms with E-state index in [1.165, 1.54) is 5.70 Å². The van der Waals surface area contributed by atoms with E-state index in [0.29, 0.717) is 18.1 Å². The third-order valence-electron chi connectivity index (χ3n) is 7.26. The normalized spacial score (nSPS) is 27.3. The van der Waals surface area contributed by atoms with Crippen molar-refractivity contribution in [3.63, 3.8) is 0 Å². The molecule has 210 valence electrons. The third-order valence-corrected chi connectivity index (χ3v) is 7.26. The standard InChI is InChI=1S/C14H28N2O2.C14H26N2O2/c2*1-10-8-12(9-11(2)15(10)6)16(7)13(17)18-14(3,4)5/h10-12H,8-9H2,1-7H3;8,11-12H,9H2,1-7H3. The van der Waals surface area contributed by atoms with Crippen LogP contribution in [0.15, 0.2) is 11.8 Å². The first-order valence-electron chi connectivity index (χ1n) is 13.3. The summed E-state index contributed by atoms with van der Waals surface area (Å²) in [4.78, 5) is 32.1. The van der Waals surface area contributed by atoms with Gasteiger partial charge in [-0.3, -0.25) is 0 Å². The zero-order valence-corrected chi connectivity index (χ0v) is 25.5. The monoisotopic (exact) mass is 510 g/mol. The maximum absolute atomic E-state index is 12.0. The average Bonchev–Trinajstić information content (AvgIpc) is 2.72. The van der Waals surface area contributed by atoms with Gasteiger partial charge in [0.05, 0.1) is 6.04 Å². The molecule has 1 fully saturated rings. The number of hydrogen-bond donors (Lipinski definition) is 0. The van der Waals surface area contributed by atoms with Crippen molar-refractivity contribution in [1.82, 2.24) is 19.6 Å². The molecule has 2 aliphatic heterocycles. The first-order valence-corrected chi connectivity index (χ1v) is 13.3. The minimum atomic E-state index is -0.443. The molecule has 0 aromatic heterocycles. The van der Waals surface area contributed by atoms with E-state index in [9.17, 15) is 9.59 Å². The molecule has 0 aromatic rings. The molecule has 0 N–H and O–H groups in total. The summed E-state index contributed by atoms with van der Waals surface area (Å²) >= 11 is 0. The molecule has 8 heteroatoms. The summed E-state index contributed by atoms with van der Waals surface area (Å²) in [5, 5.41) is 0. The maximum Gasteiger partial charge on any atom is 0.410 e. The molecule has 0 saturated carbocycles. The second kappa shape index (κ2) is 12.5. The average molecular weight is 511 g/mol. The number of rotatable bonds is 2. The molecule has 1 saturated heterocycles. The summed E-state index contributed by atoms with van der Waals surface area (Å²) < 4.78 is 10.8. The smallest absolute Gasteiger partial charge is 0.410 e. The lowest BCUT2D eigenvalue weighted by molar-refractivity contribution is 0.00582. The molecule has 2 heterocycles. The van der Waals surface area contributed by atoms with Gasteiger partial charge >= 0.3 is 12.2 Å². The SMILES string of the molecule is CC1=CC(N(C)C(=O)OC(C)(C)C)CC(C)N1C.CC1CC(N(C)C(=O)OC(C)(C)C)CC(C)N1C. The first kappa shape index (κ1) is 32.1. The van der Waals surface area contributed by atoms with E-state index in [1.54, 1.807) is 16.8 Å². The van der Waals surface area contributed by atoms with E-state index in [2.05, 4.69) is 57.7 Å². The fourth-order valence-corrected chi connectivity index (χ4v) is 4.51. The third kappa shape index (κ3) is 9.83. The zero-order valence-electron chi connectivity index (χ0n) is 25.5. The number of nitrogens with zero attached hydrogens (tertiary/aromatic N) is 4. The molecular formula is C28H54N4O4. The topological polar surface area (TPSA) is 65.6 Å². The number of hydrogen-bond acceptors (Lipinski definition) is 6. The Balaban J connectivity index is 0.000000360. The largest absolute Gasteiger partial charge is 0.444 e. The van der Waals surface area contributed by atoms with Crippen molar-refractivity contribution in [2.75, 3.05) is 28.2 Å². The fraction of sp³-hybridized carbons (Fsp3) is 0.857. The van der Waals surface area contributed by atoms with Crippen molar-refractivity contribution in [3.05, 3.63) is 11.8 Å². The summed E-state index contributed by atoms with van der Waals surface area (Å²) in [6.07, 6.45) is 4.62. The highest BCUT2D eigenvalue weighted by molar-refractivity contribution is 5.68. The molecule has 8 nitrogen and oxygen atoms in total. The van der Waals surface area contributed by atoms with Gasteiger partial charge in [-0.15, -0.1) is 0 Å². The number of carbonyl (C=O) groups excluding carboxylic acids is 2. The highest BCUT2D eigenvalue weighted by Gasteiger charge is 2.34. The predicted molar refractivity (Wildman–Crippen MR) is 147 cm³/mol. The summed E-state index contributed by atoms with van der Waals surface area (Å²) in [7, 11) is 7.89. The van der Waals surface area contributed by atoms with Crippen LogP contribution in [0.4, 0.5) is 9.59 Å². The Morgan fingerprint density at radius 2 is 1.22 bits per heavy atom. The van der Waals surface area contributed by atoms with Gasteiger partial charge in [-0.1, -0.05) is 0 Å². The van der Waals surface area contributed by atoms with E-state index in [4.69, 9.17) is 9.47 Å². The molecule has 4 unspecified atom stereocenters. The summed E-state index contributed by atoms with van der Waals surface area (Å²) in [6, 6.07) is 1.84.